The van der Waals surface area contributed by atoms with E-state index >= 15 is 0 Å². The Bertz CT molecular complexity index is 1050. The number of ketones is 2. The third-order valence-electron chi connectivity index (χ3n) is 4.55. The molecule has 0 saturated heterocycles. The summed E-state index contributed by atoms with van der Waals surface area (Å²) in [5.41, 5.74) is 2.33. The van der Waals surface area contributed by atoms with Gasteiger partial charge in [0.25, 0.3) is 0 Å². The second kappa shape index (κ2) is 8.08. The largest absolute Gasteiger partial charge is 0.496 e. The molecule has 0 aliphatic rings. The van der Waals surface area contributed by atoms with Crippen molar-refractivity contribution in [1.29, 1.82) is 0 Å². The predicted molar refractivity (Wildman–Crippen MR) is 105 cm³/mol. The third kappa shape index (κ3) is 3.96. The monoisotopic (exact) mass is 379 g/mol. The highest BCUT2D eigenvalue weighted by Crippen LogP contribution is 2.23. The number of esters is 1. The SMILES string of the molecule is COc1ccc(C(C)=O)cc1CC(=O)O[C@@H](C)C(=O)c1c[nH]c2ccccc12. The van der Waals surface area contributed by atoms with Crippen molar-refractivity contribution in [3.63, 3.8) is 0 Å². The van der Waals surface area contributed by atoms with Crippen molar-refractivity contribution in [2.45, 2.75) is 26.4 Å². The maximum Gasteiger partial charge on any atom is 0.311 e. The van der Waals surface area contributed by atoms with Crippen LogP contribution in [-0.2, 0) is 16.0 Å². The molecular weight excluding hydrogens is 358 g/mol. The minimum Gasteiger partial charge on any atom is -0.496 e. The van der Waals surface area contributed by atoms with Crippen LogP contribution in [0.3, 0.4) is 0 Å². The Morgan fingerprint density at radius 2 is 1.86 bits per heavy atom. The van der Waals surface area contributed by atoms with E-state index in [-0.39, 0.29) is 18.0 Å². The summed E-state index contributed by atoms with van der Waals surface area (Å²) >= 11 is 0. The number of hydrogen-bond donors (Lipinski definition) is 1. The number of methoxy groups -OCH3 is 1. The van der Waals surface area contributed by atoms with E-state index in [4.69, 9.17) is 9.47 Å². The van der Waals surface area contributed by atoms with Crippen molar-refractivity contribution in [3.05, 3.63) is 65.4 Å². The van der Waals surface area contributed by atoms with Gasteiger partial charge < -0.3 is 14.5 Å². The summed E-state index contributed by atoms with van der Waals surface area (Å²) in [6.45, 7) is 3.00. The lowest BCUT2D eigenvalue weighted by atomic mass is 10.0. The summed E-state index contributed by atoms with van der Waals surface area (Å²) in [4.78, 5) is 39.7. The molecule has 0 aliphatic carbocycles. The predicted octanol–water partition coefficient (Wildman–Crippen LogP) is 3.74. The van der Waals surface area contributed by atoms with Gasteiger partial charge in [0.15, 0.2) is 11.9 Å². The summed E-state index contributed by atoms with van der Waals surface area (Å²) in [6.07, 6.45) is 0.584. The molecule has 3 rings (SSSR count). The molecule has 2 aromatic carbocycles. The molecular formula is C22H21NO5. The number of aromatic nitrogens is 1. The van der Waals surface area contributed by atoms with Crippen molar-refractivity contribution in [2.75, 3.05) is 7.11 Å². The van der Waals surface area contributed by atoms with E-state index in [0.717, 1.165) is 10.9 Å². The first-order valence-corrected chi connectivity index (χ1v) is 8.88. The number of aromatic amines is 1. The highest BCUT2D eigenvalue weighted by Gasteiger charge is 2.23. The second-order valence-corrected chi connectivity index (χ2v) is 6.50. The standard InChI is InChI=1S/C22H21NO5/c1-13(24)15-8-9-20(27-3)16(10-15)11-21(25)28-14(2)22(26)18-12-23-19-7-5-4-6-17(18)19/h4-10,12,14,23H,11H2,1-3H3/t14-/m0/s1. The van der Waals surface area contributed by atoms with Crippen LogP contribution in [0.5, 0.6) is 5.75 Å². The zero-order valence-electron chi connectivity index (χ0n) is 15.9. The molecule has 144 valence electrons. The molecule has 28 heavy (non-hydrogen) atoms. The summed E-state index contributed by atoms with van der Waals surface area (Å²) in [7, 11) is 1.49. The van der Waals surface area contributed by atoms with Gasteiger partial charge in [-0.2, -0.15) is 0 Å². The summed E-state index contributed by atoms with van der Waals surface area (Å²) in [5, 5.41) is 0.784. The maximum atomic E-state index is 12.7. The van der Waals surface area contributed by atoms with Crippen LogP contribution in [0.2, 0.25) is 0 Å². The molecule has 1 N–H and O–H groups in total. The number of nitrogens with one attached hydrogen (secondary N) is 1. The first-order valence-electron chi connectivity index (χ1n) is 8.88. The molecule has 1 aromatic heterocycles. The number of ether oxygens (including phenoxy) is 2. The topological polar surface area (TPSA) is 85.5 Å². The van der Waals surface area contributed by atoms with Crippen LogP contribution in [-0.4, -0.2) is 35.7 Å². The molecule has 0 bridgehead atoms. The lowest BCUT2D eigenvalue weighted by Gasteiger charge is -2.14. The van der Waals surface area contributed by atoms with Gasteiger partial charge in [-0.05, 0) is 38.1 Å². The van der Waals surface area contributed by atoms with Crippen LogP contribution < -0.4 is 4.74 Å². The third-order valence-corrected chi connectivity index (χ3v) is 4.55. The van der Waals surface area contributed by atoms with Gasteiger partial charge in [0, 0.05) is 33.8 Å². The number of fused-ring (bicyclic) bond motifs is 1. The Morgan fingerprint density at radius 1 is 1.11 bits per heavy atom. The Labute approximate surface area is 162 Å². The molecule has 1 heterocycles. The van der Waals surface area contributed by atoms with Gasteiger partial charge in [-0.1, -0.05) is 18.2 Å². The van der Waals surface area contributed by atoms with Gasteiger partial charge in [0.2, 0.25) is 5.78 Å². The number of hydrogen-bond acceptors (Lipinski definition) is 5. The van der Waals surface area contributed by atoms with E-state index < -0.39 is 12.1 Å². The van der Waals surface area contributed by atoms with Crippen molar-refractivity contribution >= 4 is 28.4 Å². The number of benzene rings is 2. The van der Waals surface area contributed by atoms with Crippen LogP contribution >= 0.6 is 0 Å². The van der Waals surface area contributed by atoms with Crippen LogP contribution in [0, 0.1) is 0 Å². The fourth-order valence-corrected chi connectivity index (χ4v) is 3.08. The maximum absolute atomic E-state index is 12.7. The summed E-state index contributed by atoms with van der Waals surface area (Å²) in [5.74, 6) is -0.479. The lowest BCUT2D eigenvalue weighted by Crippen LogP contribution is -2.25. The van der Waals surface area contributed by atoms with Crippen molar-refractivity contribution in [2.24, 2.45) is 0 Å². The molecule has 0 aliphatic heterocycles. The van der Waals surface area contributed by atoms with Crippen LogP contribution in [0.4, 0.5) is 0 Å². The van der Waals surface area contributed by atoms with E-state index in [1.807, 2.05) is 24.3 Å². The van der Waals surface area contributed by atoms with E-state index in [9.17, 15) is 14.4 Å². The van der Waals surface area contributed by atoms with Gasteiger partial charge in [0.1, 0.15) is 5.75 Å². The minimum absolute atomic E-state index is 0.101. The van der Waals surface area contributed by atoms with Crippen LogP contribution in [0.25, 0.3) is 10.9 Å². The number of Topliss-reactive ketones (excluding diaryl/α,β-unsaturated/α-hetero) is 2. The van der Waals surface area contributed by atoms with Gasteiger partial charge in [-0.3, -0.25) is 14.4 Å². The quantitative estimate of drug-likeness (QED) is 0.499. The molecule has 0 fully saturated rings. The van der Waals surface area contributed by atoms with E-state index in [1.165, 1.54) is 14.0 Å². The fraction of sp³-hybridized carbons (Fsp3) is 0.227. The van der Waals surface area contributed by atoms with Crippen molar-refractivity contribution in [3.8, 4) is 5.75 Å². The molecule has 0 spiro atoms. The Kier molecular flexibility index (Phi) is 5.59. The number of rotatable bonds is 7. The molecule has 6 heteroatoms. The molecule has 0 radical (unpaired) electrons. The highest BCUT2D eigenvalue weighted by atomic mass is 16.5. The van der Waals surface area contributed by atoms with E-state index in [2.05, 4.69) is 4.98 Å². The van der Waals surface area contributed by atoms with Crippen LogP contribution in [0.1, 0.15) is 40.1 Å². The average Bonchev–Trinajstić information content (AvgIpc) is 3.11. The van der Waals surface area contributed by atoms with Crippen LogP contribution in [0.15, 0.2) is 48.7 Å². The molecule has 1 atom stereocenters. The zero-order valence-corrected chi connectivity index (χ0v) is 15.9. The first kappa shape index (κ1) is 19.4. The Hall–Kier alpha value is -3.41. The fourth-order valence-electron chi connectivity index (χ4n) is 3.08. The van der Waals surface area contributed by atoms with Crippen molar-refractivity contribution < 1.29 is 23.9 Å². The van der Waals surface area contributed by atoms with Gasteiger partial charge in [0.05, 0.1) is 13.5 Å². The first-order chi connectivity index (χ1) is 13.4. The van der Waals surface area contributed by atoms with E-state index in [1.54, 1.807) is 31.3 Å². The minimum atomic E-state index is -0.936. The van der Waals surface area contributed by atoms with Gasteiger partial charge in [-0.25, -0.2) is 0 Å². The second-order valence-electron chi connectivity index (χ2n) is 6.50. The number of carbonyl (C=O) groups is 3. The number of carbonyl (C=O) groups excluding carboxylic acids is 3. The molecule has 0 amide bonds. The highest BCUT2D eigenvalue weighted by molar-refractivity contribution is 6.10. The molecule has 0 saturated carbocycles. The molecule has 6 nitrogen and oxygen atoms in total. The van der Waals surface area contributed by atoms with Crippen molar-refractivity contribution in [1.82, 2.24) is 4.98 Å². The van der Waals surface area contributed by atoms with Gasteiger partial charge in [-0.15, -0.1) is 0 Å². The summed E-state index contributed by atoms with van der Waals surface area (Å²) in [6, 6.07) is 12.3. The lowest BCUT2D eigenvalue weighted by molar-refractivity contribution is -0.145. The van der Waals surface area contributed by atoms with Gasteiger partial charge >= 0.3 is 5.97 Å². The normalized spacial score (nSPS) is 11.8. The Morgan fingerprint density at radius 3 is 2.57 bits per heavy atom. The number of para-hydroxylation sites is 1. The zero-order chi connectivity index (χ0) is 20.3. The Balaban J connectivity index is 1.73. The average molecular weight is 379 g/mol. The smallest absolute Gasteiger partial charge is 0.311 e. The molecule has 3 aromatic rings. The molecule has 0 unspecified atom stereocenters. The van der Waals surface area contributed by atoms with E-state index in [0.29, 0.717) is 22.4 Å². The summed E-state index contributed by atoms with van der Waals surface area (Å²) < 4.78 is 10.6. The number of H-pyrrole nitrogens is 1.